The minimum Gasteiger partial charge on any atom is -0.327 e. The van der Waals surface area contributed by atoms with Gasteiger partial charge in [0, 0.05) is 6.54 Å². The summed E-state index contributed by atoms with van der Waals surface area (Å²) in [6.45, 7) is 5.34. The number of nitrogens with two attached hydrogens (primary N) is 1. The molecule has 2 heteroatoms. The summed E-state index contributed by atoms with van der Waals surface area (Å²) >= 11 is 0. The van der Waals surface area contributed by atoms with Crippen LogP contribution < -0.4 is 10.9 Å². The first kappa shape index (κ1) is 8.49. The monoisotopic (exact) mass is 165 g/mol. The third-order valence-electron chi connectivity index (χ3n) is 1.90. The minimum absolute atomic E-state index is 0.666. The number of hydrogen-bond acceptors (Lipinski definition) is 1. The number of benzene rings is 1. The molecule has 1 aromatic carbocycles. The molecule has 11 heavy (non-hydrogen) atoms. The van der Waals surface area contributed by atoms with Gasteiger partial charge in [0.05, 0.1) is 8.80 Å². The first-order chi connectivity index (χ1) is 5.25. The van der Waals surface area contributed by atoms with E-state index in [9.17, 15) is 0 Å². The van der Waals surface area contributed by atoms with Gasteiger partial charge in [-0.1, -0.05) is 42.5 Å². The van der Waals surface area contributed by atoms with E-state index in [1.54, 1.807) is 0 Å². The minimum atomic E-state index is -0.666. The van der Waals surface area contributed by atoms with Crippen LogP contribution in [0.3, 0.4) is 0 Å². The van der Waals surface area contributed by atoms with Gasteiger partial charge in [0.1, 0.15) is 0 Å². The van der Waals surface area contributed by atoms with Crippen molar-refractivity contribution in [1.29, 1.82) is 0 Å². The van der Waals surface area contributed by atoms with Crippen molar-refractivity contribution in [2.24, 2.45) is 5.73 Å². The smallest absolute Gasteiger partial charge is 0.0651 e. The Bertz CT molecular complexity index is 233. The lowest BCUT2D eigenvalue weighted by Crippen LogP contribution is -2.27. The van der Waals surface area contributed by atoms with Crippen molar-refractivity contribution < 1.29 is 0 Å². The Balaban J connectivity index is 3.02. The second-order valence-electron chi connectivity index (χ2n) is 3.06. The van der Waals surface area contributed by atoms with Crippen LogP contribution in [-0.4, -0.2) is 8.80 Å². The highest BCUT2D eigenvalue weighted by Crippen LogP contribution is 1.96. The molecular formula is C9H15NSi. The van der Waals surface area contributed by atoms with Gasteiger partial charge in [-0.05, 0) is 5.56 Å². The van der Waals surface area contributed by atoms with Crippen molar-refractivity contribution in [1.82, 2.24) is 0 Å². The largest absolute Gasteiger partial charge is 0.327 e. The molecule has 0 atom stereocenters. The van der Waals surface area contributed by atoms with Gasteiger partial charge in [0.15, 0.2) is 0 Å². The van der Waals surface area contributed by atoms with Gasteiger partial charge in [0.2, 0.25) is 0 Å². The van der Waals surface area contributed by atoms with Crippen molar-refractivity contribution in [2.45, 2.75) is 19.6 Å². The van der Waals surface area contributed by atoms with E-state index in [4.69, 9.17) is 5.73 Å². The molecule has 0 aliphatic carbocycles. The molecule has 0 saturated heterocycles. The van der Waals surface area contributed by atoms with Gasteiger partial charge in [-0.2, -0.15) is 0 Å². The topological polar surface area (TPSA) is 26.0 Å². The van der Waals surface area contributed by atoms with Gasteiger partial charge >= 0.3 is 0 Å². The summed E-state index contributed by atoms with van der Waals surface area (Å²) in [5.41, 5.74) is 6.94. The lowest BCUT2D eigenvalue weighted by atomic mass is 10.2. The Morgan fingerprint density at radius 1 is 1.27 bits per heavy atom. The van der Waals surface area contributed by atoms with Crippen LogP contribution in [0, 0.1) is 0 Å². The van der Waals surface area contributed by atoms with E-state index >= 15 is 0 Å². The lowest BCUT2D eigenvalue weighted by molar-refractivity contribution is 1.08. The molecule has 0 aliphatic rings. The third kappa shape index (κ3) is 1.91. The highest BCUT2D eigenvalue weighted by Gasteiger charge is 2.03. The summed E-state index contributed by atoms with van der Waals surface area (Å²) in [4.78, 5) is 0. The van der Waals surface area contributed by atoms with Crippen LogP contribution in [0.5, 0.6) is 0 Å². The Morgan fingerprint density at radius 2 is 1.91 bits per heavy atom. The van der Waals surface area contributed by atoms with Gasteiger partial charge in [-0.15, -0.1) is 0 Å². The van der Waals surface area contributed by atoms with Crippen LogP contribution in [0.4, 0.5) is 0 Å². The molecule has 0 aromatic heterocycles. The molecule has 1 aromatic rings. The Kier molecular flexibility index (Phi) is 2.85. The van der Waals surface area contributed by atoms with E-state index in [1.807, 2.05) is 0 Å². The summed E-state index contributed by atoms with van der Waals surface area (Å²) in [5.74, 6) is 0. The van der Waals surface area contributed by atoms with Crippen LogP contribution >= 0.6 is 0 Å². The zero-order valence-corrected chi connectivity index (χ0v) is 8.33. The zero-order valence-electron chi connectivity index (χ0n) is 7.17. The van der Waals surface area contributed by atoms with Crippen molar-refractivity contribution in [2.75, 3.05) is 0 Å². The summed E-state index contributed by atoms with van der Waals surface area (Å²) in [6, 6.07) is 8.49. The summed E-state index contributed by atoms with van der Waals surface area (Å²) in [7, 11) is -0.666. The van der Waals surface area contributed by atoms with Crippen molar-refractivity contribution in [3.05, 3.63) is 29.8 Å². The van der Waals surface area contributed by atoms with Crippen LogP contribution in [0.1, 0.15) is 5.56 Å². The normalized spacial score (nSPS) is 10.5. The first-order valence-corrected chi connectivity index (χ1v) is 6.92. The molecule has 0 aliphatic heterocycles. The SMILES string of the molecule is C[SiH](C)c1ccccc1CN. The predicted molar refractivity (Wildman–Crippen MR) is 52.8 cm³/mol. The lowest BCUT2D eigenvalue weighted by Gasteiger charge is -2.08. The van der Waals surface area contributed by atoms with Gasteiger partial charge in [-0.25, -0.2) is 0 Å². The number of hydrogen-bond donors (Lipinski definition) is 1. The third-order valence-corrected chi connectivity index (χ3v) is 3.70. The highest BCUT2D eigenvalue weighted by molar-refractivity contribution is 6.71. The maximum atomic E-state index is 5.61. The van der Waals surface area contributed by atoms with E-state index in [-0.39, 0.29) is 0 Å². The molecule has 1 rings (SSSR count). The van der Waals surface area contributed by atoms with Crippen molar-refractivity contribution in [3.8, 4) is 0 Å². The van der Waals surface area contributed by atoms with Gasteiger partial charge in [-0.3, -0.25) is 0 Å². The van der Waals surface area contributed by atoms with Gasteiger partial charge in [0.25, 0.3) is 0 Å². The molecule has 0 bridgehead atoms. The Hall–Kier alpha value is -0.603. The second kappa shape index (κ2) is 3.69. The van der Waals surface area contributed by atoms with E-state index in [1.165, 1.54) is 10.8 Å². The van der Waals surface area contributed by atoms with Crippen molar-refractivity contribution >= 4 is 14.0 Å². The van der Waals surface area contributed by atoms with Crippen LogP contribution in [0.15, 0.2) is 24.3 Å². The molecule has 0 amide bonds. The fraction of sp³-hybridized carbons (Fsp3) is 0.333. The average Bonchev–Trinajstić information content (AvgIpc) is 2.04. The maximum Gasteiger partial charge on any atom is 0.0651 e. The van der Waals surface area contributed by atoms with Crippen LogP contribution in [-0.2, 0) is 6.54 Å². The molecule has 0 spiro atoms. The molecule has 0 unspecified atom stereocenters. The molecule has 60 valence electrons. The predicted octanol–water partition coefficient (Wildman–Crippen LogP) is 0.839. The Labute approximate surface area is 69.8 Å². The Morgan fingerprint density at radius 3 is 2.36 bits per heavy atom. The molecule has 0 saturated carbocycles. The molecule has 1 nitrogen and oxygen atoms in total. The molecular weight excluding hydrogens is 150 g/mol. The van der Waals surface area contributed by atoms with Gasteiger partial charge < -0.3 is 5.73 Å². The van der Waals surface area contributed by atoms with E-state index in [2.05, 4.69) is 37.4 Å². The fourth-order valence-corrected chi connectivity index (χ4v) is 2.73. The summed E-state index contributed by atoms with van der Waals surface area (Å²) in [5, 5.41) is 1.51. The summed E-state index contributed by atoms with van der Waals surface area (Å²) in [6.07, 6.45) is 0. The van der Waals surface area contributed by atoms with E-state index in [0.29, 0.717) is 6.54 Å². The highest BCUT2D eigenvalue weighted by atomic mass is 28.3. The van der Waals surface area contributed by atoms with E-state index in [0.717, 1.165) is 0 Å². The fourth-order valence-electron chi connectivity index (χ4n) is 1.28. The molecule has 2 N–H and O–H groups in total. The molecule has 0 fully saturated rings. The summed E-state index contributed by atoms with van der Waals surface area (Å²) < 4.78 is 0. The van der Waals surface area contributed by atoms with Crippen LogP contribution in [0.2, 0.25) is 13.1 Å². The van der Waals surface area contributed by atoms with E-state index < -0.39 is 8.80 Å². The quantitative estimate of drug-likeness (QED) is 0.646. The standard InChI is InChI=1S/C9H15NSi/c1-11(2)9-6-4-3-5-8(9)7-10/h3-6,11H,7,10H2,1-2H3. The average molecular weight is 165 g/mol. The number of rotatable bonds is 2. The maximum absolute atomic E-state index is 5.61. The van der Waals surface area contributed by atoms with Crippen LogP contribution in [0.25, 0.3) is 0 Å². The second-order valence-corrected chi connectivity index (χ2v) is 5.99. The molecule has 0 radical (unpaired) electrons. The first-order valence-electron chi connectivity index (χ1n) is 4.03. The zero-order chi connectivity index (χ0) is 8.27. The molecule has 0 heterocycles. The van der Waals surface area contributed by atoms with Crippen molar-refractivity contribution in [3.63, 3.8) is 0 Å².